The maximum absolute atomic E-state index is 11.6. The van der Waals surface area contributed by atoms with Gasteiger partial charge in [0.1, 0.15) is 12.4 Å². The molecule has 1 aliphatic heterocycles. The molecule has 2 atom stereocenters. The van der Waals surface area contributed by atoms with Gasteiger partial charge in [-0.2, -0.15) is 5.10 Å². The van der Waals surface area contributed by atoms with Gasteiger partial charge in [-0.1, -0.05) is 0 Å². The third-order valence-electron chi connectivity index (χ3n) is 3.44. The van der Waals surface area contributed by atoms with Crippen LogP contribution in [0, 0.1) is 10.1 Å². The van der Waals surface area contributed by atoms with Crippen molar-refractivity contribution in [1.82, 2.24) is 15.1 Å². The van der Waals surface area contributed by atoms with Gasteiger partial charge >= 0.3 is 5.69 Å². The molecule has 0 bridgehead atoms. The number of hydrogen-bond donors (Lipinski definition) is 2. The summed E-state index contributed by atoms with van der Waals surface area (Å²) in [5.74, 6) is 0.235. The number of sulfone groups is 1. The molecule has 1 aromatic rings. The molecule has 21 heavy (non-hydrogen) atoms. The first-order valence-corrected chi connectivity index (χ1v) is 8.37. The summed E-state index contributed by atoms with van der Waals surface area (Å²) in [6, 6.07) is 0. The third kappa shape index (κ3) is 4.22. The van der Waals surface area contributed by atoms with E-state index in [4.69, 9.17) is 0 Å². The van der Waals surface area contributed by atoms with Crippen LogP contribution < -0.4 is 5.32 Å². The predicted molar refractivity (Wildman–Crippen MR) is 74.6 cm³/mol. The summed E-state index contributed by atoms with van der Waals surface area (Å²) in [4.78, 5) is 9.94. The van der Waals surface area contributed by atoms with Gasteiger partial charge < -0.3 is 10.4 Å². The van der Waals surface area contributed by atoms with Gasteiger partial charge in [-0.15, -0.1) is 0 Å². The number of nitrogens with zero attached hydrogens (tertiary/aromatic N) is 3. The highest BCUT2D eigenvalue weighted by Gasteiger charge is 2.30. The van der Waals surface area contributed by atoms with E-state index < -0.39 is 20.9 Å². The van der Waals surface area contributed by atoms with E-state index in [9.17, 15) is 23.6 Å². The fraction of sp³-hybridized carbons (Fsp3) is 0.727. The molecular formula is C11H18N4O5S. The van der Waals surface area contributed by atoms with Crippen molar-refractivity contribution in [2.24, 2.45) is 0 Å². The molecule has 9 nitrogen and oxygen atoms in total. The minimum absolute atomic E-state index is 0.109. The lowest BCUT2D eigenvalue weighted by Crippen LogP contribution is -2.36. The van der Waals surface area contributed by atoms with Gasteiger partial charge in [0.15, 0.2) is 9.84 Å². The van der Waals surface area contributed by atoms with Crippen LogP contribution >= 0.6 is 0 Å². The highest BCUT2D eigenvalue weighted by molar-refractivity contribution is 7.92. The Balaban J connectivity index is 1.74. The zero-order valence-corrected chi connectivity index (χ0v) is 12.2. The maximum atomic E-state index is 11.6. The van der Waals surface area contributed by atoms with Gasteiger partial charge in [0, 0.05) is 13.1 Å². The topological polar surface area (TPSA) is 127 Å². The summed E-state index contributed by atoms with van der Waals surface area (Å²) < 4.78 is 24.5. The normalized spacial score (nSPS) is 22.2. The molecule has 0 amide bonds. The van der Waals surface area contributed by atoms with Gasteiger partial charge in [0.25, 0.3) is 0 Å². The predicted octanol–water partition coefficient (Wildman–Crippen LogP) is -0.681. The summed E-state index contributed by atoms with van der Waals surface area (Å²) >= 11 is 0. The molecule has 0 radical (unpaired) electrons. The van der Waals surface area contributed by atoms with E-state index in [1.807, 2.05) is 0 Å². The average Bonchev–Trinajstić information content (AvgIpc) is 2.97. The van der Waals surface area contributed by atoms with Gasteiger partial charge in [-0.3, -0.25) is 14.8 Å². The Labute approximate surface area is 122 Å². The molecule has 2 N–H and O–H groups in total. The van der Waals surface area contributed by atoms with Crippen molar-refractivity contribution in [3.63, 3.8) is 0 Å². The van der Waals surface area contributed by atoms with E-state index in [2.05, 4.69) is 10.4 Å². The van der Waals surface area contributed by atoms with Crippen molar-refractivity contribution in [2.75, 3.05) is 18.8 Å². The van der Waals surface area contributed by atoms with Crippen LogP contribution in [0.25, 0.3) is 0 Å². The Kier molecular flexibility index (Phi) is 4.91. The number of rotatable bonds is 7. The molecule has 1 saturated heterocycles. The lowest BCUT2D eigenvalue weighted by Gasteiger charge is -2.14. The van der Waals surface area contributed by atoms with Crippen LogP contribution in [0.15, 0.2) is 12.4 Å². The van der Waals surface area contributed by atoms with Crippen LogP contribution in [0.4, 0.5) is 5.69 Å². The molecule has 1 aromatic heterocycles. The number of aromatic nitrogens is 2. The molecule has 10 heteroatoms. The van der Waals surface area contributed by atoms with E-state index in [0.717, 1.165) is 6.20 Å². The number of aliphatic hydroxyl groups is 1. The SMILES string of the molecule is O=[N+]([O-])c1cnn(CC(O)CNCC2CCCS2(=O)=O)c1. The first-order valence-electron chi connectivity index (χ1n) is 6.65. The second-order valence-corrected chi connectivity index (χ2v) is 7.52. The number of nitrogens with one attached hydrogen (secondary N) is 1. The van der Waals surface area contributed by atoms with Crippen molar-refractivity contribution in [1.29, 1.82) is 0 Å². The zero-order chi connectivity index (χ0) is 15.5. The number of aliphatic hydroxyl groups excluding tert-OH is 1. The minimum Gasteiger partial charge on any atom is -0.390 e. The fourth-order valence-corrected chi connectivity index (χ4v) is 4.13. The van der Waals surface area contributed by atoms with Gasteiger partial charge in [-0.05, 0) is 12.8 Å². The first kappa shape index (κ1) is 15.9. The third-order valence-corrected chi connectivity index (χ3v) is 5.72. The fourth-order valence-electron chi connectivity index (χ4n) is 2.33. The van der Waals surface area contributed by atoms with Crippen LogP contribution in [0.1, 0.15) is 12.8 Å². The van der Waals surface area contributed by atoms with Crippen molar-refractivity contribution < 1.29 is 18.4 Å². The van der Waals surface area contributed by atoms with Crippen LogP contribution in [-0.4, -0.2) is 58.4 Å². The van der Waals surface area contributed by atoms with Gasteiger partial charge in [0.05, 0.1) is 28.6 Å². The van der Waals surface area contributed by atoms with E-state index >= 15 is 0 Å². The monoisotopic (exact) mass is 318 g/mol. The van der Waals surface area contributed by atoms with Crippen LogP contribution in [-0.2, 0) is 16.4 Å². The molecule has 2 heterocycles. The smallest absolute Gasteiger partial charge is 0.306 e. The minimum atomic E-state index is -2.99. The van der Waals surface area contributed by atoms with Crippen molar-refractivity contribution in [3.05, 3.63) is 22.5 Å². The molecule has 0 aromatic carbocycles. The summed E-state index contributed by atoms with van der Waals surface area (Å²) in [5.41, 5.74) is -0.132. The first-order chi connectivity index (χ1) is 9.88. The second-order valence-electron chi connectivity index (χ2n) is 5.12. The molecule has 1 aliphatic rings. The van der Waals surface area contributed by atoms with Gasteiger partial charge in [0.2, 0.25) is 0 Å². The van der Waals surface area contributed by atoms with Crippen LogP contribution in [0.3, 0.4) is 0 Å². The highest BCUT2D eigenvalue weighted by atomic mass is 32.2. The Morgan fingerprint density at radius 1 is 1.62 bits per heavy atom. The Bertz CT molecular complexity index is 600. The molecule has 0 saturated carbocycles. The van der Waals surface area contributed by atoms with E-state index in [0.29, 0.717) is 19.4 Å². The summed E-state index contributed by atoms with van der Waals surface area (Å²) in [7, 11) is -2.99. The summed E-state index contributed by atoms with van der Waals surface area (Å²) in [6.07, 6.45) is 2.90. The van der Waals surface area contributed by atoms with Crippen molar-refractivity contribution >= 4 is 15.5 Å². The Hall–Kier alpha value is -1.52. The van der Waals surface area contributed by atoms with Crippen molar-refractivity contribution in [3.8, 4) is 0 Å². The lowest BCUT2D eigenvalue weighted by atomic mass is 10.2. The molecular weight excluding hydrogens is 300 g/mol. The highest BCUT2D eigenvalue weighted by Crippen LogP contribution is 2.18. The summed E-state index contributed by atoms with van der Waals surface area (Å²) in [6.45, 7) is 0.635. The van der Waals surface area contributed by atoms with E-state index in [-0.39, 0.29) is 29.8 Å². The second kappa shape index (κ2) is 6.50. The van der Waals surface area contributed by atoms with Gasteiger partial charge in [-0.25, -0.2) is 8.42 Å². The molecule has 2 unspecified atom stereocenters. The van der Waals surface area contributed by atoms with Crippen LogP contribution in [0.2, 0.25) is 0 Å². The molecule has 0 spiro atoms. The van der Waals surface area contributed by atoms with Crippen LogP contribution in [0.5, 0.6) is 0 Å². The summed E-state index contributed by atoms with van der Waals surface area (Å²) in [5, 5.41) is 26.6. The molecule has 0 aliphatic carbocycles. The largest absolute Gasteiger partial charge is 0.390 e. The number of hydrogen-bond acceptors (Lipinski definition) is 7. The zero-order valence-electron chi connectivity index (χ0n) is 11.4. The standard InChI is InChI=1S/C11H18N4O5S/c16-10(8-14-7-9(4-13-14)15(17)18)5-12-6-11-2-1-3-21(11,19)20/h4,7,10-12,16H,1-3,5-6,8H2. The van der Waals surface area contributed by atoms with E-state index in [1.165, 1.54) is 10.9 Å². The van der Waals surface area contributed by atoms with Crippen molar-refractivity contribution in [2.45, 2.75) is 30.7 Å². The maximum Gasteiger partial charge on any atom is 0.306 e. The quantitative estimate of drug-likeness (QED) is 0.503. The lowest BCUT2D eigenvalue weighted by molar-refractivity contribution is -0.385. The van der Waals surface area contributed by atoms with E-state index in [1.54, 1.807) is 0 Å². The Morgan fingerprint density at radius 3 is 2.95 bits per heavy atom. The molecule has 118 valence electrons. The Morgan fingerprint density at radius 2 is 2.38 bits per heavy atom. The molecule has 1 fully saturated rings. The number of nitro groups is 1. The average molecular weight is 318 g/mol. The molecule has 2 rings (SSSR count).